The molecule has 0 saturated carbocycles. The molecule has 2 heterocycles. The third-order valence-corrected chi connectivity index (χ3v) is 10.6. The quantitative estimate of drug-likeness (QED) is 0.360. The molecule has 0 aromatic heterocycles. The SMILES string of the molecule is CNC[C@@H]1[C@@H](c2ccc(-c3ccc(F)c(C)c3C)cc2)[C@@H]2CN(S(=O)(=O)c3ccccc3C(F)(F)F)CCCCN12. The number of hydrogen-bond acceptors (Lipinski definition) is 4. The lowest BCUT2D eigenvalue weighted by molar-refractivity contribution is -0.139. The van der Waals surface area contributed by atoms with Crippen LogP contribution >= 0.6 is 0 Å². The zero-order valence-electron chi connectivity index (χ0n) is 23.4. The first-order chi connectivity index (χ1) is 19.4. The molecule has 0 unspecified atom stereocenters. The summed E-state index contributed by atoms with van der Waals surface area (Å²) in [6.45, 7) is 5.43. The van der Waals surface area contributed by atoms with Crippen molar-refractivity contribution in [2.45, 2.75) is 55.8 Å². The molecule has 2 aliphatic heterocycles. The molecule has 3 aromatic carbocycles. The zero-order valence-corrected chi connectivity index (χ0v) is 24.2. The van der Waals surface area contributed by atoms with Crippen molar-refractivity contribution >= 4 is 10.0 Å². The molecule has 0 spiro atoms. The van der Waals surface area contributed by atoms with Crippen molar-refractivity contribution < 1.29 is 26.0 Å². The minimum absolute atomic E-state index is 0.0128. The van der Waals surface area contributed by atoms with Crippen LogP contribution in [0.25, 0.3) is 11.1 Å². The molecular weight excluding hydrogens is 554 g/mol. The van der Waals surface area contributed by atoms with Crippen molar-refractivity contribution in [3.8, 4) is 11.1 Å². The Hall–Kier alpha value is -2.79. The smallest absolute Gasteiger partial charge is 0.318 e. The Labute approximate surface area is 239 Å². The molecule has 10 heteroatoms. The van der Waals surface area contributed by atoms with Gasteiger partial charge in [-0.3, -0.25) is 4.90 Å². The van der Waals surface area contributed by atoms with E-state index in [9.17, 15) is 26.0 Å². The Balaban J connectivity index is 1.47. The first-order valence-electron chi connectivity index (χ1n) is 13.9. The van der Waals surface area contributed by atoms with E-state index in [0.29, 0.717) is 18.5 Å². The van der Waals surface area contributed by atoms with Gasteiger partial charge in [-0.15, -0.1) is 0 Å². The van der Waals surface area contributed by atoms with Gasteiger partial charge in [0.05, 0.1) is 10.5 Å². The molecule has 2 fully saturated rings. The van der Waals surface area contributed by atoms with E-state index < -0.39 is 26.7 Å². The Morgan fingerprint density at radius 1 is 0.927 bits per heavy atom. The molecule has 0 amide bonds. The molecule has 5 nitrogen and oxygen atoms in total. The van der Waals surface area contributed by atoms with Gasteiger partial charge in [-0.25, -0.2) is 12.8 Å². The van der Waals surface area contributed by atoms with E-state index in [1.165, 1.54) is 22.5 Å². The second-order valence-electron chi connectivity index (χ2n) is 11.0. The largest absolute Gasteiger partial charge is 0.417 e. The van der Waals surface area contributed by atoms with Gasteiger partial charge in [-0.1, -0.05) is 42.5 Å². The molecule has 1 N–H and O–H groups in total. The summed E-state index contributed by atoms with van der Waals surface area (Å²) in [5.74, 6) is -0.254. The molecule has 0 aliphatic carbocycles. The first-order valence-corrected chi connectivity index (χ1v) is 15.3. The van der Waals surface area contributed by atoms with Gasteiger partial charge in [0.1, 0.15) is 5.82 Å². The van der Waals surface area contributed by atoms with E-state index in [1.807, 2.05) is 38.2 Å². The summed E-state index contributed by atoms with van der Waals surface area (Å²) in [6, 6.07) is 15.7. The highest BCUT2D eigenvalue weighted by Gasteiger charge is 2.50. The monoisotopic (exact) mass is 589 g/mol. The third-order valence-electron chi connectivity index (χ3n) is 8.70. The summed E-state index contributed by atoms with van der Waals surface area (Å²) in [6.07, 6.45) is -3.46. The number of nitrogens with one attached hydrogen (secondary N) is 1. The number of halogens is 4. The number of sulfonamides is 1. The number of nitrogens with zero attached hydrogens (tertiary/aromatic N) is 2. The molecule has 2 saturated heterocycles. The van der Waals surface area contributed by atoms with Crippen LogP contribution in [-0.4, -0.2) is 62.9 Å². The van der Waals surface area contributed by atoms with Crippen molar-refractivity contribution in [1.29, 1.82) is 0 Å². The Morgan fingerprint density at radius 2 is 1.61 bits per heavy atom. The van der Waals surface area contributed by atoms with E-state index in [1.54, 1.807) is 13.0 Å². The lowest BCUT2D eigenvalue weighted by Gasteiger charge is -2.57. The fourth-order valence-electron chi connectivity index (χ4n) is 6.41. The Bertz CT molecular complexity index is 1510. The number of rotatable bonds is 6. The van der Waals surface area contributed by atoms with Gasteiger partial charge in [0.2, 0.25) is 10.0 Å². The van der Waals surface area contributed by atoms with Crippen LogP contribution in [0.2, 0.25) is 0 Å². The van der Waals surface area contributed by atoms with Gasteiger partial charge in [0.25, 0.3) is 0 Å². The summed E-state index contributed by atoms with van der Waals surface area (Å²) >= 11 is 0. The first kappa shape index (κ1) is 29.7. The number of alkyl halides is 3. The van der Waals surface area contributed by atoms with E-state index in [0.717, 1.165) is 47.4 Å². The van der Waals surface area contributed by atoms with Gasteiger partial charge in [0.15, 0.2) is 0 Å². The van der Waals surface area contributed by atoms with Crippen LogP contribution in [-0.2, 0) is 16.2 Å². The van der Waals surface area contributed by atoms with Gasteiger partial charge in [-0.2, -0.15) is 17.5 Å². The average Bonchev–Trinajstić information content (AvgIpc) is 2.92. The Morgan fingerprint density at radius 3 is 2.29 bits per heavy atom. The highest BCUT2D eigenvalue weighted by atomic mass is 32.2. The van der Waals surface area contributed by atoms with Crippen molar-refractivity contribution in [2.75, 3.05) is 33.2 Å². The number of fused-ring (bicyclic) bond motifs is 1. The van der Waals surface area contributed by atoms with Crippen molar-refractivity contribution in [3.05, 3.63) is 88.7 Å². The standard InChI is InChI=1S/C31H35F4N3O2S/c1-20-21(2)26(32)15-14-24(20)22-10-12-23(13-11-22)30-27(18-36-3)38-17-7-6-16-37(19-28(30)38)41(39,40)29-9-5-4-8-25(29)31(33,34)35/h4-5,8-15,27-28,30,36H,6-7,16-19H2,1-3H3/t27-,28+,30-/m1/s1. The summed E-state index contributed by atoms with van der Waals surface area (Å²) in [7, 11) is -2.51. The topological polar surface area (TPSA) is 52.7 Å². The molecule has 3 aromatic rings. The maximum atomic E-state index is 14.0. The summed E-state index contributed by atoms with van der Waals surface area (Å²) in [5, 5.41) is 3.25. The number of hydrogen-bond donors (Lipinski definition) is 1. The minimum Gasteiger partial charge on any atom is -0.318 e. The van der Waals surface area contributed by atoms with Crippen LogP contribution in [0.3, 0.4) is 0 Å². The van der Waals surface area contributed by atoms with Crippen LogP contribution in [0.15, 0.2) is 65.6 Å². The van der Waals surface area contributed by atoms with Gasteiger partial charge >= 0.3 is 6.18 Å². The maximum absolute atomic E-state index is 14.0. The maximum Gasteiger partial charge on any atom is 0.417 e. The normalized spacial score (nSPS) is 22.5. The molecular formula is C31H35F4N3O2S. The van der Waals surface area contributed by atoms with Gasteiger partial charge in [0, 0.05) is 37.6 Å². The molecule has 5 rings (SSSR count). The Kier molecular flexibility index (Phi) is 8.31. The van der Waals surface area contributed by atoms with Crippen LogP contribution < -0.4 is 5.32 Å². The van der Waals surface area contributed by atoms with Crippen molar-refractivity contribution in [1.82, 2.24) is 14.5 Å². The number of likely N-dealkylation sites (N-methyl/N-ethyl adjacent to an activating group) is 1. The van der Waals surface area contributed by atoms with Crippen LogP contribution in [0.1, 0.15) is 41.0 Å². The molecule has 220 valence electrons. The van der Waals surface area contributed by atoms with Gasteiger partial charge < -0.3 is 5.32 Å². The predicted octanol–water partition coefficient (Wildman–Crippen LogP) is 5.97. The molecule has 2 aliphatic rings. The predicted molar refractivity (Wildman–Crippen MR) is 152 cm³/mol. The average molecular weight is 590 g/mol. The molecule has 41 heavy (non-hydrogen) atoms. The van der Waals surface area contributed by atoms with E-state index >= 15 is 0 Å². The number of benzene rings is 3. The highest BCUT2D eigenvalue weighted by Crippen LogP contribution is 2.44. The summed E-state index contributed by atoms with van der Waals surface area (Å²) < 4.78 is 84.0. The second-order valence-corrected chi connectivity index (χ2v) is 12.9. The fraction of sp³-hybridized carbons (Fsp3) is 0.419. The van der Waals surface area contributed by atoms with Gasteiger partial charge in [-0.05, 0) is 86.3 Å². The molecule has 0 bridgehead atoms. The van der Waals surface area contributed by atoms with E-state index in [-0.39, 0.29) is 36.9 Å². The van der Waals surface area contributed by atoms with E-state index in [4.69, 9.17) is 0 Å². The third kappa shape index (κ3) is 5.55. The zero-order chi connectivity index (χ0) is 29.5. The van der Waals surface area contributed by atoms with Crippen molar-refractivity contribution in [3.63, 3.8) is 0 Å². The van der Waals surface area contributed by atoms with Crippen LogP contribution in [0.4, 0.5) is 17.6 Å². The lowest BCUT2D eigenvalue weighted by Crippen LogP contribution is -2.68. The highest BCUT2D eigenvalue weighted by molar-refractivity contribution is 7.89. The molecule has 0 radical (unpaired) electrons. The van der Waals surface area contributed by atoms with E-state index in [2.05, 4.69) is 10.2 Å². The lowest BCUT2D eigenvalue weighted by atomic mass is 9.74. The molecule has 3 atom stereocenters. The summed E-state index contributed by atoms with van der Waals surface area (Å²) in [4.78, 5) is 1.59. The summed E-state index contributed by atoms with van der Waals surface area (Å²) in [5.41, 5.74) is 3.29. The minimum atomic E-state index is -4.78. The van der Waals surface area contributed by atoms with Crippen LogP contribution in [0.5, 0.6) is 0 Å². The van der Waals surface area contributed by atoms with Crippen molar-refractivity contribution in [2.24, 2.45) is 0 Å². The second kappa shape index (κ2) is 11.5. The fourth-order valence-corrected chi connectivity index (χ4v) is 8.12. The van der Waals surface area contributed by atoms with Crippen LogP contribution in [0, 0.1) is 19.7 Å².